The molecule has 5 nitrogen and oxygen atoms in total. The topological polar surface area (TPSA) is 58.4 Å². The standard InChI is InChI=1S/C15H23N3O2/c1-10-7-11(2)17(16-10)6-5-15(20)18-12-3-4-13(18)9-14(19)8-12/h7,12-14,19H,3-6,8-9H2,1-2H3. The van der Waals surface area contributed by atoms with Crippen LogP contribution in [0.3, 0.4) is 0 Å². The number of aromatic nitrogens is 2. The molecule has 0 aromatic carbocycles. The van der Waals surface area contributed by atoms with Gasteiger partial charge in [0.15, 0.2) is 0 Å². The first-order chi connectivity index (χ1) is 9.54. The van der Waals surface area contributed by atoms with Crippen LogP contribution in [0.1, 0.15) is 43.5 Å². The van der Waals surface area contributed by atoms with Gasteiger partial charge in [-0.05, 0) is 45.6 Å². The van der Waals surface area contributed by atoms with Gasteiger partial charge < -0.3 is 10.0 Å². The zero-order valence-electron chi connectivity index (χ0n) is 12.2. The summed E-state index contributed by atoms with van der Waals surface area (Å²) in [7, 11) is 0. The van der Waals surface area contributed by atoms with E-state index >= 15 is 0 Å². The summed E-state index contributed by atoms with van der Waals surface area (Å²) in [5.74, 6) is 0.219. The van der Waals surface area contributed by atoms with Crippen molar-refractivity contribution in [1.29, 1.82) is 0 Å². The van der Waals surface area contributed by atoms with Crippen molar-refractivity contribution in [2.45, 2.75) is 70.7 Å². The number of carbonyl (C=O) groups is 1. The van der Waals surface area contributed by atoms with E-state index in [0.717, 1.165) is 37.1 Å². The highest BCUT2D eigenvalue weighted by molar-refractivity contribution is 5.77. The van der Waals surface area contributed by atoms with E-state index in [1.54, 1.807) is 0 Å². The maximum atomic E-state index is 12.5. The first kappa shape index (κ1) is 13.6. The lowest BCUT2D eigenvalue weighted by molar-refractivity contribution is -0.137. The molecule has 0 spiro atoms. The van der Waals surface area contributed by atoms with Gasteiger partial charge >= 0.3 is 0 Å². The third-order valence-electron chi connectivity index (χ3n) is 4.64. The minimum atomic E-state index is -0.215. The predicted octanol–water partition coefficient (Wildman–Crippen LogP) is 1.40. The van der Waals surface area contributed by atoms with Crippen molar-refractivity contribution >= 4 is 5.91 Å². The molecule has 0 radical (unpaired) electrons. The maximum Gasteiger partial charge on any atom is 0.224 e. The minimum Gasteiger partial charge on any atom is -0.393 e. The number of carbonyl (C=O) groups excluding carboxylic acids is 1. The molecule has 2 fully saturated rings. The number of aliphatic hydroxyl groups excluding tert-OH is 1. The Morgan fingerprint density at radius 1 is 1.35 bits per heavy atom. The van der Waals surface area contributed by atoms with Crippen molar-refractivity contribution < 1.29 is 9.90 Å². The molecule has 2 atom stereocenters. The van der Waals surface area contributed by atoms with Crippen molar-refractivity contribution in [2.24, 2.45) is 0 Å². The molecule has 2 bridgehead atoms. The van der Waals surface area contributed by atoms with Gasteiger partial charge in [0.05, 0.1) is 11.8 Å². The molecular weight excluding hydrogens is 254 g/mol. The highest BCUT2D eigenvalue weighted by atomic mass is 16.3. The summed E-state index contributed by atoms with van der Waals surface area (Å²) < 4.78 is 1.91. The lowest BCUT2D eigenvalue weighted by Gasteiger charge is -2.37. The third kappa shape index (κ3) is 2.46. The number of nitrogens with zero attached hydrogens (tertiary/aromatic N) is 3. The largest absolute Gasteiger partial charge is 0.393 e. The fourth-order valence-corrected chi connectivity index (χ4v) is 3.79. The van der Waals surface area contributed by atoms with Crippen LogP contribution < -0.4 is 0 Å². The number of rotatable bonds is 3. The Balaban J connectivity index is 1.61. The molecule has 3 heterocycles. The number of fused-ring (bicyclic) bond motifs is 2. The first-order valence-electron chi connectivity index (χ1n) is 7.55. The van der Waals surface area contributed by atoms with E-state index in [2.05, 4.69) is 5.10 Å². The zero-order chi connectivity index (χ0) is 14.3. The quantitative estimate of drug-likeness (QED) is 0.908. The van der Waals surface area contributed by atoms with E-state index in [4.69, 9.17) is 0 Å². The summed E-state index contributed by atoms with van der Waals surface area (Å²) >= 11 is 0. The fraction of sp³-hybridized carbons (Fsp3) is 0.733. The van der Waals surface area contributed by atoms with Gasteiger partial charge in [0.1, 0.15) is 0 Å². The molecule has 1 amide bonds. The van der Waals surface area contributed by atoms with Crippen LogP contribution >= 0.6 is 0 Å². The molecular formula is C15H23N3O2. The van der Waals surface area contributed by atoms with Crippen molar-refractivity contribution in [1.82, 2.24) is 14.7 Å². The summed E-state index contributed by atoms with van der Waals surface area (Å²) in [5, 5.41) is 14.2. The smallest absolute Gasteiger partial charge is 0.224 e. The molecule has 2 unspecified atom stereocenters. The molecule has 0 saturated carbocycles. The summed E-state index contributed by atoms with van der Waals surface area (Å²) in [4.78, 5) is 14.5. The van der Waals surface area contributed by atoms with Crippen LogP contribution in [-0.4, -0.2) is 43.9 Å². The molecule has 2 aliphatic rings. The number of hydrogen-bond acceptors (Lipinski definition) is 3. The van der Waals surface area contributed by atoms with E-state index in [9.17, 15) is 9.90 Å². The van der Waals surface area contributed by atoms with Crippen LogP contribution in [0.2, 0.25) is 0 Å². The number of hydrogen-bond donors (Lipinski definition) is 1. The van der Waals surface area contributed by atoms with Crippen molar-refractivity contribution in [3.63, 3.8) is 0 Å². The van der Waals surface area contributed by atoms with Gasteiger partial charge in [-0.25, -0.2) is 0 Å². The SMILES string of the molecule is Cc1cc(C)n(CCC(=O)N2C3CCC2CC(O)C3)n1. The van der Waals surface area contributed by atoms with E-state index in [1.807, 2.05) is 29.5 Å². The molecule has 2 saturated heterocycles. The van der Waals surface area contributed by atoms with Gasteiger partial charge in [-0.15, -0.1) is 0 Å². The second kappa shape index (κ2) is 5.20. The van der Waals surface area contributed by atoms with Crippen molar-refractivity contribution in [3.8, 4) is 0 Å². The molecule has 110 valence electrons. The number of aliphatic hydroxyl groups is 1. The Kier molecular flexibility index (Phi) is 3.54. The average molecular weight is 277 g/mol. The Labute approximate surface area is 119 Å². The van der Waals surface area contributed by atoms with Crippen LogP contribution in [0.25, 0.3) is 0 Å². The second-order valence-corrected chi connectivity index (χ2v) is 6.21. The summed E-state index contributed by atoms with van der Waals surface area (Å²) in [6.07, 6.45) is 3.89. The molecule has 2 aliphatic heterocycles. The predicted molar refractivity (Wildman–Crippen MR) is 75.2 cm³/mol. The Bertz CT molecular complexity index is 497. The summed E-state index contributed by atoms with van der Waals surface area (Å²) in [6, 6.07) is 2.55. The normalized spacial score (nSPS) is 28.9. The monoisotopic (exact) mass is 277 g/mol. The maximum absolute atomic E-state index is 12.5. The van der Waals surface area contributed by atoms with Gasteiger partial charge in [-0.2, -0.15) is 5.10 Å². The lowest BCUT2D eigenvalue weighted by Crippen LogP contribution is -2.48. The first-order valence-corrected chi connectivity index (χ1v) is 7.55. The van der Waals surface area contributed by atoms with Crippen molar-refractivity contribution in [2.75, 3.05) is 0 Å². The van der Waals surface area contributed by atoms with E-state index in [-0.39, 0.29) is 24.1 Å². The number of piperidine rings is 1. The zero-order valence-corrected chi connectivity index (χ0v) is 12.2. The van der Waals surface area contributed by atoms with E-state index in [0.29, 0.717) is 13.0 Å². The number of amides is 1. The molecule has 5 heteroatoms. The van der Waals surface area contributed by atoms with Gasteiger partial charge in [0.25, 0.3) is 0 Å². The van der Waals surface area contributed by atoms with Crippen LogP contribution in [0.5, 0.6) is 0 Å². The second-order valence-electron chi connectivity index (χ2n) is 6.21. The van der Waals surface area contributed by atoms with E-state index in [1.165, 1.54) is 0 Å². The van der Waals surface area contributed by atoms with Crippen LogP contribution in [-0.2, 0) is 11.3 Å². The van der Waals surface area contributed by atoms with Crippen LogP contribution in [0.4, 0.5) is 0 Å². The molecule has 0 aliphatic carbocycles. The fourth-order valence-electron chi connectivity index (χ4n) is 3.79. The van der Waals surface area contributed by atoms with Gasteiger partial charge in [-0.3, -0.25) is 9.48 Å². The van der Waals surface area contributed by atoms with E-state index < -0.39 is 0 Å². The number of aryl methyl sites for hydroxylation is 3. The van der Waals surface area contributed by atoms with Gasteiger partial charge in [-0.1, -0.05) is 0 Å². The molecule has 1 N–H and O–H groups in total. The Hall–Kier alpha value is -1.36. The summed E-state index contributed by atoms with van der Waals surface area (Å²) in [6.45, 7) is 4.64. The average Bonchev–Trinajstić information content (AvgIpc) is 2.84. The van der Waals surface area contributed by atoms with Crippen LogP contribution in [0.15, 0.2) is 6.07 Å². The highest BCUT2D eigenvalue weighted by Gasteiger charge is 2.42. The molecule has 20 heavy (non-hydrogen) atoms. The molecule has 1 aromatic heterocycles. The highest BCUT2D eigenvalue weighted by Crippen LogP contribution is 2.36. The lowest BCUT2D eigenvalue weighted by atomic mass is 9.99. The van der Waals surface area contributed by atoms with Crippen LogP contribution in [0, 0.1) is 13.8 Å². The Morgan fingerprint density at radius 2 is 2.00 bits per heavy atom. The Morgan fingerprint density at radius 3 is 2.55 bits per heavy atom. The third-order valence-corrected chi connectivity index (χ3v) is 4.64. The van der Waals surface area contributed by atoms with Gasteiger partial charge in [0.2, 0.25) is 5.91 Å². The molecule has 1 aromatic rings. The van der Waals surface area contributed by atoms with Crippen molar-refractivity contribution in [3.05, 3.63) is 17.5 Å². The van der Waals surface area contributed by atoms with Gasteiger partial charge in [0, 0.05) is 30.7 Å². The minimum absolute atomic E-state index is 0.215. The molecule has 3 rings (SSSR count). The summed E-state index contributed by atoms with van der Waals surface area (Å²) in [5.41, 5.74) is 2.10.